The predicted molar refractivity (Wildman–Crippen MR) is 105 cm³/mol. The number of aryl methyl sites for hydroxylation is 1. The molecule has 0 atom stereocenters. The topological polar surface area (TPSA) is 70.1 Å². The molecule has 28 heavy (non-hydrogen) atoms. The molecule has 0 bridgehead atoms. The van der Waals surface area contributed by atoms with Gasteiger partial charge >= 0.3 is 0 Å². The normalized spacial score (nSPS) is 22.2. The highest BCUT2D eigenvalue weighted by molar-refractivity contribution is 5.81. The third-order valence-corrected chi connectivity index (χ3v) is 7.17. The fourth-order valence-corrected chi connectivity index (χ4v) is 5.24. The molecule has 7 nitrogen and oxygen atoms in total. The first kappa shape index (κ1) is 17.9. The molecular formula is C21H30N6O. The fourth-order valence-electron chi connectivity index (χ4n) is 5.24. The van der Waals surface area contributed by atoms with Gasteiger partial charge in [0.1, 0.15) is 5.82 Å². The molecular weight excluding hydrogens is 352 g/mol. The molecule has 2 aliphatic heterocycles. The molecule has 0 radical (unpaired) electrons. The highest BCUT2D eigenvalue weighted by Gasteiger charge is 2.50. The molecule has 3 aliphatic rings. The van der Waals surface area contributed by atoms with Crippen LogP contribution >= 0.6 is 0 Å². The van der Waals surface area contributed by atoms with E-state index in [0.717, 1.165) is 76.3 Å². The zero-order valence-electron chi connectivity index (χ0n) is 16.7. The maximum Gasteiger partial charge on any atom is 0.226 e. The van der Waals surface area contributed by atoms with Gasteiger partial charge in [-0.2, -0.15) is 0 Å². The van der Waals surface area contributed by atoms with Gasteiger partial charge in [0, 0.05) is 56.6 Å². The fraction of sp³-hybridized carbons (Fsp3) is 0.667. The third-order valence-electron chi connectivity index (χ3n) is 7.17. The van der Waals surface area contributed by atoms with Crippen molar-refractivity contribution >= 4 is 5.91 Å². The molecule has 0 unspecified atom stereocenters. The number of aromatic nitrogens is 4. The minimum absolute atomic E-state index is 0.225. The quantitative estimate of drug-likeness (QED) is 0.881. The summed E-state index contributed by atoms with van der Waals surface area (Å²) < 4.78 is 2.21. The van der Waals surface area contributed by atoms with Crippen molar-refractivity contribution in [2.75, 3.05) is 19.6 Å². The van der Waals surface area contributed by atoms with E-state index in [1.165, 1.54) is 12.1 Å². The van der Waals surface area contributed by atoms with Gasteiger partial charge in [0.2, 0.25) is 5.91 Å². The molecule has 4 heterocycles. The largest absolute Gasteiger partial charge is 0.348 e. The summed E-state index contributed by atoms with van der Waals surface area (Å²) in [6.07, 6.45) is 11.9. The van der Waals surface area contributed by atoms with Crippen molar-refractivity contribution in [3.63, 3.8) is 0 Å². The van der Waals surface area contributed by atoms with Crippen LogP contribution in [0.4, 0.5) is 0 Å². The van der Waals surface area contributed by atoms with Crippen molar-refractivity contribution in [2.24, 2.45) is 5.92 Å². The first-order valence-corrected chi connectivity index (χ1v) is 10.8. The SMILES string of the molecule is CCn1ccnc1CN1CCC2(CC1)c1nc[nH]c1CCN2C(=O)C1CCC1. The lowest BCUT2D eigenvalue weighted by molar-refractivity contribution is -0.149. The van der Waals surface area contributed by atoms with Crippen molar-refractivity contribution in [1.82, 2.24) is 29.3 Å². The Labute approximate surface area is 166 Å². The number of carbonyl (C=O) groups is 1. The maximum absolute atomic E-state index is 13.3. The summed E-state index contributed by atoms with van der Waals surface area (Å²) in [5.41, 5.74) is 2.13. The van der Waals surface area contributed by atoms with E-state index in [2.05, 4.69) is 37.5 Å². The van der Waals surface area contributed by atoms with Crippen LogP contribution in [0.1, 0.15) is 56.2 Å². The number of H-pyrrole nitrogens is 1. The molecule has 1 spiro atoms. The monoisotopic (exact) mass is 382 g/mol. The Kier molecular flexibility index (Phi) is 4.50. The van der Waals surface area contributed by atoms with Crippen LogP contribution in [0.5, 0.6) is 0 Å². The summed E-state index contributed by atoms with van der Waals surface area (Å²) in [5.74, 6) is 1.74. The van der Waals surface area contributed by atoms with Crippen LogP contribution in [0.3, 0.4) is 0 Å². The molecule has 2 aromatic heterocycles. The number of carbonyl (C=O) groups excluding carboxylic acids is 1. The molecule has 2 aromatic rings. The van der Waals surface area contributed by atoms with E-state index in [0.29, 0.717) is 5.91 Å². The molecule has 1 saturated carbocycles. The second-order valence-electron chi connectivity index (χ2n) is 8.53. The van der Waals surface area contributed by atoms with E-state index in [1.807, 2.05) is 12.5 Å². The van der Waals surface area contributed by atoms with Gasteiger partial charge in [0.25, 0.3) is 0 Å². The zero-order chi connectivity index (χ0) is 19.1. The summed E-state index contributed by atoms with van der Waals surface area (Å²) in [6.45, 7) is 6.75. The highest BCUT2D eigenvalue weighted by Crippen LogP contribution is 2.44. The Morgan fingerprint density at radius 3 is 2.79 bits per heavy atom. The smallest absolute Gasteiger partial charge is 0.226 e. The van der Waals surface area contributed by atoms with Gasteiger partial charge in [-0.3, -0.25) is 9.69 Å². The molecule has 1 saturated heterocycles. The standard InChI is InChI=1S/C21H30N6O/c1-2-26-13-9-22-18(26)14-25-11-7-21(8-12-25)19-17(23-15-24-19)6-10-27(21)20(28)16-4-3-5-16/h9,13,15-16H,2-8,10-12,14H2,1H3,(H,23,24). The van der Waals surface area contributed by atoms with Crippen molar-refractivity contribution < 1.29 is 4.79 Å². The second-order valence-corrected chi connectivity index (χ2v) is 8.53. The van der Waals surface area contributed by atoms with Crippen molar-refractivity contribution in [3.8, 4) is 0 Å². The highest BCUT2D eigenvalue weighted by atomic mass is 16.2. The van der Waals surface area contributed by atoms with Gasteiger partial charge in [0.15, 0.2) is 0 Å². The number of piperidine rings is 1. The summed E-state index contributed by atoms with van der Waals surface area (Å²) in [6, 6.07) is 0. The minimum Gasteiger partial charge on any atom is -0.348 e. The van der Waals surface area contributed by atoms with Crippen LogP contribution in [0.2, 0.25) is 0 Å². The zero-order valence-corrected chi connectivity index (χ0v) is 16.7. The molecule has 2 fully saturated rings. The van der Waals surface area contributed by atoms with Crippen molar-refractivity contribution in [2.45, 2.75) is 64.1 Å². The lowest BCUT2D eigenvalue weighted by atomic mass is 9.76. The van der Waals surface area contributed by atoms with Gasteiger partial charge in [0.05, 0.1) is 24.1 Å². The van der Waals surface area contributed by atoms with Gasteiger partial charge in [-0.15, -0.1) is 0 Å². The number of nitrogens with one attached hydrogen (secondary N) is 1. The first-order valence-electron chi connectivity index (χ1n) is 10.8. The van der Waals surface area contributed by atoms with Crippen molar-refractivity contribution in [3.05, 3.63) is 35.9 Å². The van der Waals surface area contributed by atoms with E-state index in [9.17, 15) is 4.79 Å². The van der Waals surface area contributed by atoms with Crippen LogP contribution in [-0.4, -0.2) is 54.9 Å². The Bertz CT molecular complexity index is 843. The lowest BCUT2D eigenvalue weighted by Gasteiger charge is -2.52. The number of hydrogen-bond acceptors (Lipinski definition) is 4. The van der Waals surface area contributed by atoms with E-state index >= 15 is 0 Å². The molecule has 0 aromatic carbocycles. The van der Waals surface area contributed by atoms with E-state index in [4.69, 9.17) is 4.98 Å². The van der Waals surface area contributed by atoms with Crippen LogP contribution in [-0.2, 0) is 29.8 Å². The predicted octanol–water partition coefficient (Wildman–Crippen LogP) is 2.30. The van der Waals surface area contributed by atoms with Gasteiger partial charge in [-0.05, 0) is 32.6 Å². The third kappa shape index (κ3) is 2.79. The maximum atomic E-state index is 13.3. The average Bonchev–Trinajstić information content (AvgIpc) is 3.32. The number of amides is 1. The number of nitrogens with zero attached hydrogens (tertiary/aromatic N) is 5. The molecule has 1 aliphatic carbocycles. The molecule has 5 rings (SSSR count). The van der Waals surface area contributed by atoms with Gasteiger partial charge < -0.3 is 14.5 Å². The lowest BCUT2D eigenvalue weighted by Crippen LogP contribution is -2.59. The summed E-state index contributed by atoms with van der Waals surface area (Å²) in [4.78, 5) is 30.5. The van der Waals surface area contributed by atoms with E-state index in [-0.39, 0.29) is 11.5 Å². The minimum atomic E-state index is -0.225. The van der Waals surface area contributed by atoms with Crippen LogP contribution < -0.4 is 0 Å². The Morgan fingerprint density at radius 1 is 1.25 bits per heavy atom. The summed E-state index contributed by atoms with van der Waals surface area (Å²) in [5, 5.41) is 0. The Hall–Kier alpha value is -2.15. The number of fused-ring (bicyclic) bond motifs is 2. The summed E-state index contributed by atoms with van der Waals surface area (Å²) in [7, 11) is 0. The van der Waals surface area contributed by atoms with Crippen LogP contribution in [0.15, 0.2) is 18.7 Å². The number of hydrogen-bond donors (Lipinski definition) is 1. The Balaban J connectivity index is 1.37. The molecule has 1 amide bonds. The van der Waals surface area contributed by atoms with Gasteiger partial charge in [-0.1, -0.05) is 6.42 Å². The van der Waals surface area contributed by atoms with E-state index in [1.54, 1.807) is 0 Å². The number of rotatable bonds is 4. The molecule has 1 N–H and O–H groups in total. The number of imidazole rings is 2. The second kappa shape index (κ2) is 7.03. The summed E-state index contributed by atoms with van der Waals surface area (Å²) >= 11 is 0. The van der Waals surface area contributed by atoms with Crippen LogP contribution in [0.25, 0.3) is 0 Å². The van der Waals surface area contributed by atoms with Crippen LogP contribution in [0, 0.1) is 5.92 Å². The van der Waals surface area contributed by atoms with E-state index < -0.39 is 0 Å². The molecule has 7 heteroatoms. The van der Waals surface area contributed by atoms with Gasteiger partial charge in [-0.25, -0.2) is 9.97 Å². The number of likely N-dealkylation sites (tertiary alicyclic amines) is 1. The Morgan fingerprint density at radius 2 is 2.07 bits per heavy atom. The average molecular weight is 383 g/mol. The molecule has 150 valence electrons. The van der Waals surface area contributed by atoms with Crippen molar-refractivity contribution in [1.29, 1.82) is 0 Å². The number of aromatic amines is 1. The first-order chi connectivity index (χ1) is 13.7.